The summed E-state index contributed by atoms with van der Waals surface area (Å²) in [6, 6.07) is 3.84. The second-order valence-electron chi connectivity index (χ2n) is 4.96. The topological polar surface area (TPSA) is 63.7 Å². The van der Waals surface area contributed by atoms with Crippen LogP contribution in [0.25, 0.3) is 22.2 Å². The predicted molar refractivity (Wildman–Crippen MR) is 77.6 cm³/mol. The monoisotopic (exact) mass is 268 g/mol. The van der Waals surface area contributed by atoms with Crippen molar-refractivity contribution in [3.63, 3.8) is 0 Å². The molecule has 0 fully saturated rings. The second-order valence-corrected chi connectivity index (χ2v) is 4.96. The maximum absolute atomic E-state index is 5.83. The average Bonchev–Trinajstić information content (AvgIpc) is 2.87. The largest absolute Gasteiger partial charge is 0.490 e. The van der Waals surface area contributed by atoms with Crippen molar-refractivity contribution < 1.29 is 4.74 Å². The van der Waals surface area contributed by atoms with Gasteiger partial charge < -0.3 is 4.74 Å². The van der Waals surface area contributed by atoms with Crippen molar-refractivity contribution in [2.75, 3.05) is 0 Å². The van der Waals surface area contributed by atoms with Gasteiger partial charge in [-0.25, -0.2) is 0 Å². The van der Waals surface area contributed by atoms with Gasteiger partial charge in [0.25, 0.3) is 0 Å². The minimum absolute atomic E-state index is 0.105. The Labute approximate surface area is 117 Å². The van der Waals surface area contributed by atoms with Gasteiger partial charge >= 0.3 is 0 Å². The molecule has 3 aromatic rings. The molecular formula is C15H16N4O. The summed E-state index contributed by atoms with van der Waals surface area (Å²) in [5.41, 5.74) is 3.63. The quantitative estimate of drug-likeness (QED) is 0.792. The fraction of sp³-hybridized carbons (Fsp3) is 0.267. The van der Waals surface area contributed by atoms with Crippen LogP contribution in [0.15, 0.2) is 30.7 Å². The normalized spacial score (nSPS) is 11.2. The lowest BCUT2D eigenvalue weighted by Gasteiger charge is -2.13. The molecule has 102 valence electrons. The van der Waals surface area contributed by atoms with E-state index in [4.69, 9.17) is 4.74 Å². The van der Waals surface area contributed by atoms with Crippen LogP contribution in [-0.2, 0) is 0 Å². The number of aryl methyl sites for hydroxylation is 1. The first-order valence-electron chi connectivity index (χ1n) is 6.57. The van der Waals surface area contributed by atoms with Crippen molar-refractivity contribution in [1.82, 2.24) is 20.2 Å². The molecule has 0 aliphatic carbocycles. The Bertz CT molecular complexity index is 748. The molecule has 3 rings (SSSR count). The number of fused-ring (bicyclic) bond motifs is 1. The lowest BCUT2D eigenvalue weighted by Crippen LogP contribution is -2.07. The highest BCUT2D eigenvalue weighted by molar-refractivity contribution is 5.84. The summed E-state index contributed by atoms with van der Waals surface area (Å²) in [5.74, 6) is 0.792. The SMILES string of the molecule is Cc1nc(-c2cnccc2OC(C)C)cc2[nH]ncc12. The molecule has 3 aromatic heterocycles. The van der Waals surface area contributed by atoms with Gasteiger partial charge in [-0.15, -0.1) is 0 Å². The number of rotatable bonds is 3. The van der Waals surface area contributed by atoms with Crippen LogP contribution in [0.1, 0.15) is 19.5 Å². The summed E-state index contributed by atoms with van der Waals surface area (Å²) in [6.45, 7) is 5.97. The zero-order chi connectivity index (χ0) is 14.1. The molecule has 0 amide bonds. The van der Waals surface area contributed by atoms with E-state index in [1.807, 2.05) is 32.9 Å². The first-order chi connectivity index (χ1) is 9.65. The smallest absolute Gasteiger partial charge is 0.132 e. The molecule has 0 unspecified atom stereocenters. The van der Waals surface area contributed by atoms with Crippen LogP contribution < -0.4 is 4.74 Å². The van der Waals surface area contributed by atoms with Crippen molar-refractivity contribution in [2.24, 2.45) is 0 Å². The molecule has 20 heavy (non-hydrogen) atoms. The van der Waals surface area contributed by atoms with E-state index in [1.54, 1.807) is 18.6 Å². The molecule has 3 heterocycles. The first kappa shape index (κ1) is 12.6. The molecule has 1 N–H and O–H groups in total. The van der Waals surface area contributed by atoms with Gasteiger partial charge in [-0.1, -0.05) is 0 Å². The van der Waals surface area contributed by atoms with Gasteiger partial charge in [0.1, 0.15) is 5.75 Å². The third-order valence-electron chi connectivity index (χ3n) is 3.05. The van der Waals surface area contributed by atoms with Crippen LogP contribution in [0.5, 0.6) is 5.75 Å². The Hall–Kier alpha value is -2.43. The number of nitrogens with one attached hydrogen (secondary N) is 1. The molecule has 0 saturated heterocycles. The van der Waals surface area contributed by atoms with Crippen LogP contribution in [0, 0.1) is 6.92 Å². The molecule has 0 saturated carbocycles. The molecule has 0 radical (unpaired) electrons. The molecule has 5 heteroatoms. The van der Waals surface area contributed by atoms with Gasteiger partial charge in [-0.2, -0.15) is 5.10 Å². The van der Waals surface area contributed by atoms with Crippen LogP contribution >= 0.6 is 0 Å². The van der Waals surface area contributed by atoms with Crippen molar-refractivity contribution in [1.29, 1.82) is 0 Å². The molecule has 0 bridgehead atoms. The van der Waals surface area contributed by atoms with Gasteiger partial charge in [0.2, 0.25) is 0 Å². The summed E-state index contributed by atoms with van der Waals surface area (Å²) < 4.78 is 5.83. The highest BCUT2D eigenvalue weighted by Gasteiger charge is 2.12. The van der Waals surface area contributed by atoms with Crippen LogP contribution in [0.3, 0.4) is 0 Å². The van der Waals surface area contributed by atoms with Crippen molar-refractivity contribution >= 4 is 10.9 Å². The van der Waals surface area contributed by atoms with E-state index < -0.39 is 0 Å². The Morgan fingerprint density at radius 2 is 2.10 bits per heavy atom. The first-order valence-corrected chi connectivity index (χ1v) is 6.57. The number of hydrogen-bond donors (Lipinski definition) is 1. The van der Waals surface area contributed by atoms with E-state index in [0.29, 0.717) is 0 Å². The molecule has 0 aliphatic rings. The van der Waals surface area contributed by atoms with Gasteiger partial charge in [0.05, 0.1) is 29.1 Å². The van der Waals surface area contributed by atoms with Crippen molar-refractivity contribution in [2.45, 2.75) is 26.9 Å². The maximum atomic E-state index is 5.83. The Balaban J connectivity index is 2.15. The molecule has 0 atom stereocenters. The number of pyridine rings is 2. The Morgan fingerprint density at radius 3 is 2.90 bits per heavy atom. The molecule has 0 aliphatic heterocycles. The third-order valence-corrected chi connectivity index (χ3v) is 3.05. The van der Waals surface area contributed by atoms with Crippen LogP contribution in [0.2, 0.25) is 0 Å². The highest BCUT2D eigenvalue weighted by atomic mass is 16.5. The van der Waals surface area contributed by atoms with Gasteiger partial charge in [0, 0.05) is 23.5 Å². The van der Waals surface area contributed by atoms with Gasteiger partial charge in [-0.3, -0.25) is 15.1 Å². The second kappa shape index (κ2) is 4.92. The zero-order valence-corrected chi connectivity index (χ0v) is 11.7. The van der Waals surface area contributed by atoms with E-state index in [9.17, 15) is 0 Å². The van der Waals surface area contributed by atoms with E-state index >= 15 is 0 Å². The van der Waals surface area contributed by atoms with Crippen molar-refractivity contribution in [3.05, 3.63) is 36.4 Å². The minimum Gasteiger partial charge on any atom is -0.490 e. The average molecular weight is 268 g/mol. The van der Waals surface area contributed by atoms with E-state index in [-0.39, 0.29) is 6.10 Å². The number of aromatic amines is 1. The minimum atomic E-state index is 0.105. The lowest BCUT2D eigenvalue weighted by molar-refractivity contribution is 0.243. The molecule has 5 nitrogen and oxygen atoms in total. The summed E-state index contributed by atoms with van der Waals surface area (Å²) >= 11 is 0. The highest BCUT2D eigenvalue weighted by Crippen LogP contribution is 2.30. The Morgan fingerprint density at radius 1 is 1.25 bits per heavy atom. The van der Waals surface area contributed by atoms with E-state index in [1.165, 1.54) is 0 Å². The lowest BCUT2D eigenvalue weighted by atomic mass is 10.1. The predicted octanol–water partition coefficient (Wildman–Crippen LogP) is 3.12. The van der Waals surface area contributed by atoms with Crippen LogP contribution in [-0.4, -0.2) is 26.3 Å². The van der Waals surface area contributed by atoms with Gasteiger partial charge in [-0.05, 0) is 32.9 Å². The molecular weight excluding hydrogens is 252 g/mol. The van der Waals surface area contributed by atoms with Crippen molar-refractivity contribution in [3.8, 4) is 17.0 Å². The summed E-state index contributed by atoms with van der Waals surface area (Å²) in [5, 5.41) is 8.07. The Kier molecular flexibility index (Phi) is 3.10. The molecule has 0 aromatic carbocycles. The van der Waals surface area contributed by atoms with Gasteiger partial charge in [0.15, 0.2) is 0 Å². The van der Waals surface area contributed by atoms with Crippen LogP contribution in [0.4, 0.5) is 0 Å². The number of hydrogen-bond acceptors (Lipinski definition) is 4. The molecule has 0 spiro atoms. The zero-order valence-electron chi connectivity index (χ0n) is 11.7. The summed E-state index contributed by atoms with van der Waals surface area (Å²) in [4.78, 5) is 8.81. The fourth-order valence-electron chi connectivity index (χ4n) is 2.17. The number of aromatic nitrogens is 4. The van der Waals surface area contributed by atoms with E-state index in [0.717, 1.165) is 33.6 Å². The number of nitrogens with zero attached hydrogens (tertiary/aromatic N) is 3. The van der Waals surface area contributed by atoms with E-state index in [2.05, 4.69) is 20.2 Å². The standard InChI is InChI=1S/C15H16N4O/c1-9(2)20-15-4-5-16-7-12(15)13-6-14-11(8-17-19-14)10(3)18-13/h4-9H,1-3H3,(H,17,19). The number of H-pyrrole nitrogens is 1. The number of ether oxygens (including phenoxy) is 1. The third kappa shape index (κ3) is 2.22. The summed E-state index contributed by atoms with van der Waals surface area (Å²) in [7, 11) is 0. The fourth-order valence-corrected chi connectivity index (χ4v) is 2.17. The maximum Gasteiger partial charge on any atom is 0.132 e. The summed E-state index contributed by atoms with van der Waals surface area (Å²) in [6.07, 6.45) is 5.40.